The Kier molecular flexibility index (Phi) is 7.53. The Balaban J connectivity index is 1.59. The van der Waals surface area contributed by atoms with Crippen molar-refractivity contribution in [3.8, 4) is 0 Å². The quantitative estimate of drug-likeness (QED) is 0.644. The Morgan fingerprint density at radius 3 is 2.28 bits per heavy atom. The van der Waals surface area contributed by atoms with Crippen molar-refractivity contribution in [2.45, 2.75) is 18.9 Å². The lowest BCUT2D eigenvalue weighted by Crippen LogP contribution is -2.51. The average Bonchev–Trinajstić information content (AvgIpc) is 2.75. The number of hydrogen-bond acceptors (Lipinski definition) is 4. The van der Waals surface area contributed by atoms with Crippen molar-refractivity contribution in [1.29, 1.82) is 0 Å². The van der Waals surface area contributed by atoms with Crippen LogP contribution in [0.15, 0.2) is 48.5 Å². The molecule has 1 saturated heterocycles. The first-order valence-electron chi connectivity index (χ1n) is 9.58. The Hall–Kier alpha value is -2.08. The van der Waals surface area contributed by atoms with Crippen LogP contribution in [0, 0.1) is 0 Å². The Labute approximate surface area is 181 Å². The Morgan fingerprint density at radius 2 is 1.66 bits per heavy atom. The summed E-state index contributed by atoms with van der Waals surface area (Å²) in [7, 11) is 1.39. The largest absolute Gasteiger partial charge is 0.468 e. The summed E-state index contributed by atoms with van der Waals surface area (Å²) in [5.74, 6) is -0.212. The van der Waals surface area contributed by atoms with Crippen molar-refractivity contribution < 1.29 is 14.3 Å². The van der Waals surface area contributed by atoms with Crippen LogP contribution >= 0.6 is 23.2 Å². The molecule has 2 aromatic rings. The first-order chi connectivity index (χ1) is 14.0. The number of piperazine rings is 1. The summed E-state index contributed by atoms with van der Waals surface area (Å²) in [6.07, 6.45) is 1.04. The fourth-order valence-electron chi connectivity index (χ4n) is 3.58. The predicted octanol–water partition coefficient (Wildman–Crippen LogP) is 3.98. The van der Waals surface area contributed by atoms with E-state index in [9.17, 15) is 9.59 Å². The van der Waals surface area contributed by atoms with Gasteiger partial charge in [0.15, 0.2) is 0 Å². The van der Waals surface area contributed by atoms with Crippen LogP contribution in [0.2, 0.25) is 10.0 Å². The van der Waals surface area contributed by atoms with Gasteiger partial charge in [0.1, 0.15) is 6.04 Å². The van der Waals surface area contributed by atoms with Gasteiger partial charge in [-0.15, -0.1) is 0 Å². The molecule has 0 radical (unpaired) electrons. The van der Waals surface area contributed by atoms with E-state index in [2.05, 4.69) is 0 Å². The number of benzene rings is 2. The molecule has 5 nitrogen and oxygen atoms in total. The molecule has 29 heavy (non-hydrogen) atoms. The number of nitrogens with zero attached hydrogens (tertiary/aromatic N) is 2. The summed E-state index contributed by atoms with van der Waals surface area (Å²) >= 11 is 12.1. The first-order valence-corrected chi connectivity index (χ1v) is 10.3. The van der Waals surface area contributed by atoms with E-state index in [0.717, 1.165) is 11.1 Å². The third-order valence-corrected chi connectivity index (χ3v) is 5.83. The smallest absolute Gasteiger partial charge is 0.327 e. The maximum absolute atomic E-state index is 12.6. The number of carbonyl (C=O) groups is 2. The maximum atomic E-state index is 12.6. The van der Waals surface area contributed by atoms with Gasteiger partial charge in [0.25, 0.3) is 0 Å². The van der Waals surface area contributed by atoms with Crippen LogP contribution in [-0.2, 0) is 20.7 Å². The number of hydrogen-bond donors (Lipinski definition) is 0. The van der Waals surface area contributed by atoms with E-state index in [-0.39, 0.29) is 11.9 Å². The molecule has 0 aromatic heterocycles. The normalized spacial score (nSPS) is 15.8. The molecule has 1 atom stereocenters. The molecule has 1 aliphatic heterocycles. The standard InChI is InChI=1S/C22H24Cl2N2O3/c1-29-22(28)21(17-6-9-18(23)10-7-17)26-14-12-25(13-15-26)20(27)11-8-16-4-2-3-5-19(16)24/h2-7,9-10,21H,8,11-15H2,1H3. The molecule has 0 N–H and O–H groups in total. The van der Waals surface area contributed by atoms with Crippen LogP contribution in [0.4, 0.5) is 0 Å². The van der Waals surface area contributed by atoms with Crippen molar-refractivity contribution in [1.82, 2.24) is 9.80 Å². The van der Waals surface area contributed by atoms with Crippen LogP contribution in [0.1, 0.15) is 23.6 Å². The average molecular weight is 435 g/mol. The van der Waals surface area contributed by atoms with Crippen LogP contribution in [0.25, 0.3) is 0 Å². The molecule has 7 heteroatoms. The highest BCUT2D eigenvalue weighted by Gasteiger charge is 2.32. The van der Waals surface area contributed by atoms with Gasteiger partial charge in [-0.1, -0.05) is 53.5 Å². The van der Waals surface area contributed by atoms with Crippen molar-refractivity contribution in [3.63, 3.8) is 0 Å². The van der Waals surface area contributed by atoms with Gasteiger partial charge in [-0.25, -0.2) is 4.79 Å². The van der Waals surface area contributed by atoms with Gasteiger partial charge in [0.05, 0.1) is 7.11 Å². The van der Waals surface area contributed by atoms with Crippen molar-refractivity contribution in [3.05, 3.63) is 69.7 Å². The molecule has 0 aliphatic carbocycles. The number of halogens is 2. The number of ether oxygens (including phenoxy) is 1. The second-order valence-electron chi connectivity index (χ2n) is 6.99. The van der Waals surface area contributed by atoms with Gasteiger partial charge in [0.2, 0.25) is 5.91 Å². The number of amides is 1. The summed E-state index contributed by atoms with van der Waals surface area (Å²) in [4.78, 5) is 28.9. The van der Waals surface area contributed by atoms with Crippen LogP contribution in [0.5, 0.6) is 0 Å². The third-order valence-electron chi connectivity index (χ3n) is 5.21. The molecule has 1 unspecified atom stereocenters. The van der Waals surface area contributed by atoms with E-state index in [1.165, 1.54) is 7.11 Å². The minimum atomic E-state index is -0.502. The van der Waals surface area contributed by atoms with E-state index in [0.29, 0.717) is 49.1 Å². The zero-order chi connectivity index (χ0) is 20.8. The first kappa shape index (κ1) is 21.6. The fraction of sp³-hybridized carbons (Fsp3) is 0.364. The topological polar surface area (TPSA) is 49.9 Å². The van der Waals surface area contributed by atoms with Crippen molar-refractivity contribution in [2.75, 3.05) is 33.3 Å². The Morgan fingerprint density at radius 1 is 1.00 bits per heavy atom. The molecule has 0 saturated carbocycles. The lowest BCUT2D eigenvalue weighted by molar-refractivity contribution is -0.148. The van der Waals surface area contributed by atoms with Gasteiger partial charge in [0, 0.05) is 42.6 Å². The van der Waals surface area contributed by atoms with Gasteiger partial charge >= 0.3 is 5.97 Å². The van der Waals surface area contributed by atoms with Crippen molar-refractivity contribution in [2.24, 2.45) is 0 Å². The molecular formula is C22H24Cl2N2O3. The fourth-order valence-corrected chi connectivity index (χ4v) is 3.94. The second-order valence-corrected chi connectivity index (χ2v) is 7.83. The van der Waals surface area contributed by atoms with E-state index in [1.54, 1.807) is 12.1 Å². The highest BCUT2D eigenvalue weighted by molar-refractivity contribution is 6.31. The lowest BCUT2D eigenvalue weighted by Gasteiger charge is -2.38. The molecule has 154 valence electrons. The van der Waals surface area contributed by atoms with Crippen LogP contribution in [-0.4, -0.2) is 55.0 Å². The van der Waals surface area contributed by atoms with E-state index in [1.807, 2.05) is 46.2 Å². The molecule has 0 bridgehead atoms. The number of methoxy groups -OCH3 is 1. The second kappa shape index (κ2) is 10.1. The lowest BCUT2D eigenvalue weighted by atomic mass is 10.0. The minimum Gasteiger partial charge on any atom is -0.468 e. The molecular weight excluding hydrogens is 411 g/mol. The monoisotopic (exact) mass is 434 g/mol. The van der Waals surface area contributed by atoms with Crippen LogP contribution < -0.4 is 0 Å². The van der Waals surface area contributed by atoms with Gasteiger partial charge < -0.3 is 9.64 Å². The molecule has 1 heterocycles. The van der Waals surface area contributed by atoms with Crippen molar-refractivity contribution >= 4 is 35.1 Å². The van der Waals surface area contributed by atoms with E-state index in [4.69, 9.17) is 27.9 Å². The predicted molar refractivity (Wildman–Crippen MR) is 114 cm³/mol. The van der Waals surface area contributed by atoms with Gasteiger partial charge in [-0.3, -0.25) is 9.69 Å². The summed E-state index contributed by atoms with van der Waals surface area (Å²) in [5.41, 5.74) is 1.81. The summed E-state index contributed by atoms with van der Waals surface area (Å²) in [6, 6.07) is 14.3. The summed E-state index contributed by atoms with van der Waals surface area (Å²) in [6.45, 7) is 2.34. The van der Waals surface area contributed by atoms with Gasteiger partial charge in [-0.2, -0.15) is 0 Å². The van der Waals surface area contributed by atoms with Crippen LogP contribution in [0.3, 0.4) is 0 Å². The molecule has 1 amide bonds. The highest BCUT2D eigenvalue weighted by Crippen LogP contribution is 2.25. The highest BCUT2D eigenvalue weighted by atomic mass is 35.5. The zero-order valence-corrected chi connectivity index (χ0v) is 17.8. The maximum Gasteiger partial charge on any atom is 0.327 e. The molecule has 3 rings (SSSR count). The Bertz CT molecular complexity index is 849. The van der Waals surface area contributed by atoms with Gasteiger partial charge in [-0.05, 0) is 35.7 Å². The summed E-state index contributed by atoms with van der Waals surface area (Å²) in [5, 5.41) is 1.31. The number of esters is 1. The number of carbonyl (C=O) groups excluding carboxylic acids is 2. The molecule has 1 fully saturated rings. The van der Waals surface area contributed by atoms with E-state index < -0.39 is 6.04 Å². The van der Waals surface area contributed by atoms with E-state index >= 15 is 0 Å². The zero-order valence-electron chi connectivity index (χ0n) is 16.3. The molecule has 1 aliphatic rings. The third kappa shape index (κ3) is 5.50. The molecule has 0 spiro atoms. The SMILES string of the molecule is COC(=O)C(c1ccc(Cl)cc1)N1CCN(C(=O)CCc2ccccc2Cl)CC1. The minimum absolute atomic E-state index is 0.102. The molecule has 2 aromatic carbocycles. The summed E-state index contributed by atoms with van der Waals surface area (Å²) < 4.78 is 5.02. The number of aryl methyl sites for hydroxylation is 1. The number of rotatable bonds is 6.